The standard InChI is InChI=1S/C15H17F2NS/c1-2-7-18-14(15-4-3-8-19-15)9-11-5-6-12(16)10-13(11)17/h3-6,8,10,14,18H,2,7,9H2,1H3. The minimum Gasteiger partial charge on any atom is -0.309 e. The van der Waals surface area contributed by atoms with Gasteiger partial charge < -0.3 is 5.32 Å². The van der Waals surface area contributed by atoms with E-state index in [1.54, 1.807) is 11.3 Å². The molecule has 0 fully saturated rings. The van der Waals surface area contributed by atoms with Crippen molar-refractivity contribution < 1.29 is 8.78 Å². The minimum atomic E-state index is -0.532. The van der Waals surface area contributed by atoms with Crippen molar-refractivity contribution in [1.82, 2.24) is 5.32 Å². The van der Waals surface area contributed by atoms with Crippen LogP contribution in [0.4, 0.5) is 8.78 Å². The van der Waals surface area contributed by atoms with E-state index in [1.165, 1.54) is 17.0 Å². The molecule has 0 spiro atoms. The van der Waals surface area contributed by atoms with Crippen molar-refractivity contribution in [2.24, 2.45) is 0 Å². The highest BCUT2D eigenvalue weighted by atomic mass is 32.1. The normalized spacial score (nSPS) is 12.6. The summed E-state index contributed by atoms with van der Waals surface area (Å²) in [5.41, 5.74) is 0.545. The first kappa shape index (κ1) is 14.2. The average molecular weight is 281 g/mol. The van der Waals surface area contributed by atoms with Crippen LogP contribution in [-0.4, -0.2) is 6.54 Å². The van der Waals surface area contributed by atoms with E-state index in [0.29, 0.717) is 12.0 Å². The first-order valence-electron chi connectivity index (χ1n) is 6.41. The molecule has 0 bridgehead atoms. The van der Waals surface area contributed by atoms with Crippen LogP contribution in [0.3, 0.4) is 0 Å². The van der Waals surface area contributed by atoms with E-state index in [-0.39, 0.29) is 6.04 Å². The fourth-order valence-corrected chi connectivity index (χ4v) is 2.79. The van der Waals surface area contributed by atoms with Crippen LogP contribution < -0.4 is 5.32 Å². The van der Waals surface area contributed by atoms with E-state index in [1.807, 2.05) is 17.5 Å². The van der Waals surface area contributed by atoms with Gasteiger partial charge >= 0.3 is 0 Å². The number of thiophene rings is 1. The molecule has 19 heavy (non-hydrogen) atoms. The Hall–Kier alpha value is -1.26. The Morgan fingerprint density at radius 3 is 2.74 bits per heavy atom. The second kappa shape index (κ2) is 6.78. The molecule has 0 saturated heterocycles. The van der Waals surface area contributed by atoms with Crippen molar-refractivity contribution in [3.63, 3.8) is 0 Å². The molecule has 0 aliphatic heterocycles. The summed E-state index contributed by atoms with van der Waals surface area (Å²) in [7, 11) is 0. The van der Waals surface area contributed by atoms with Crippen LogP contribution in [0.2, 0.25) is 0 Å². The third-order valence-electron chi connectivity index (χ3n) is 2.97. The molecule has 1 aromatic carbocycles. The molecule has 0 saturated carbocycles. The van der Waals surface area contributed by atoms with Gasteiger partial charge in [-0.15, -0.1) is 11.3 Å². The fraction of sp³-hybridized carbons (Fsp3) is 0.333. The molecule has 2 rings (SSSR count). The van der Waals surface area contributed by atoms with Gasteiger partial charge in [0.25, 0.3) is 0 Å². The number of hydrogen-bond acceptors (Lipinski definition) is 2. The summed E-state index contributed by atoms with van der Waals surface area (Å²) in [6.45, 7) is 2.97. The molecule has 2 aromatic rings. The van der Waals surface area contributed by atoms with E-state index in [9.17, 15) is 8.78 Å². The Labute approximate surface area is 116 Å². The van der Waals surface area contributed by atoms with Gasteiger partial charge in [-0.25, -0.2) is 8.78 Å². The summed E-state index contributed by atoms with van der Waals surface area (Å²) in [6, 6.07) is 7.89. The van der Waals surface area contributed by atoms with E-state index in [4.69, 9.17) is 0 Å². The van der Waals surface area contributed by atoms with E-state index >= 15 is 0 Å². The number of halogens is 2. The lowest BCUT2D eigenvalue weighted by Crippen LogP contribution is -2.23. The van der Waals surface area contributed by atoms with Crippen LogP contribution in [0.1, 0.15) is 29.8 Å². The van der Waals surface area contributed by atoms with Gasteiger partial charge in [0.2, 0.25) is 0 Å². The first-order chi connectivity index (χ1) is 9.20. The second-order valence-corrected chi connectivity index (χ2v) is 5.44. The number of hydrogen-bond donors (Lipinski definition) is 1. The lowest BCUT2D eigenvalue weighted by atomic mass is 10.0. The quantitative estimate of drug-likeness (QED) is 0.832. The zero-order valence-electron chi connectivity index (χ0n) is 10.8. The summed E-state index contributed by atoms with van der Waals surface area (Å²) in [5, 5.41) is 5.42. The van der Waals surface area contributed by atoms with Gasteiger partial charge in [-0.05, 0) is 42.5 Å². The molecule has 0 radical (unpaired) electrons. The molecule has 0 aliphatic carbocycles. The maximum atomic E-state index is 13.7. The van der Waals surface area contributed by atoms with Crippen LogP contribution in [0, 0.1) is 11.6 Å². The average Bonchev–Trinajstić information content (AvgIpc) is 2.90. The van der Waals surface area contributed by atoms with Crippen molar-refractivity contribution >= 4 is 11.3 Å². The van der Waals surface area contributed by atoms with Crippen molar-refractivity contribution in [2.45, 2.75) is 25.8 Å². The first-order valence-corrected chi connectivity index (χ1v) is 7.29. The minimum absolute atomic E-state index is 0.0833. The molecule has 1 heterocycles. The number of nitrogens with one attached hydrogen (secondary N) is 1. The van der Waals surface area contributed by atoms with Gasteiger partial charge in [-0.1, -0.05) is 19.1 Å². The zero-order valence-corrected chi connectivity index (χ0v) is 11.6. The van der Waals surface area contributed by atoms with Crippen LogP contribution in [0.5, 0.6) is 0 Å². The third-order valence-corrected chi connectivity index (χ3v) is 3.95. The van der Waals surface area contributed by atoms with Crippen LogP contribution >= 0.6 is 11.3 Å². The summed E-state index contributed by atoms with van der Waals surface area (Å²) in [4.78, 5) is 1.18. The molecule has 1 atom stereocenters. The molecule has 1 N–H and O–H groups in total. The molecular weight excluding hydrogens is 264 g/mol. The van der Waals surface area contributed by atoms with Crippen LogP contribution in [-0.2, 0) is 6.42 Å². The fourth-order valence-electron chi connectivity index (χ4n) is 1.99. The molecule has 102 valence electrons. The maximum absolute atomic E-state index is 13.7. The zero-order chi connectivity index (χ0) is 13.7. The van der Waals surface area contributed by atoms with Crippen molar-refractivity contribution in [3.8, 4) is 0 Å². The molecule has 0 aliphatic rings. The van der Waals surface area contributed by atoms with Crippen LogP contribution in [0.15, 0.2) is 35.7 Å². The molecule has 1 nitrogen and oxygen atoms in total. The molecule has 4 heteroatoms. The lowest BCUT2D eigenvalue weighted by molar-refractivity contribution is 0.514. The third kappa shape index (κ3) is 3.85. The van der Waals surface area contributed by atoms with Crippen molar-refractivity contribution in [2.75, 3.05) is 6.54 Å². The summed E-state index contributed by atoms with van der Waals surface area (Å²) < 4.78 is 26.6. The van der Waals surface area contributed by atoms with Crippen molar-refractivity contribution in [3.05, 3.63) is 57.8 Å². The Morgan fingerprint density at radius 2 is 2.11 bits per heavy atom. The Bertz CT molecular complexity index is 511. The van der Waals surface area contributed by atoms with Gasteiger partial charge in [0.1, 0.15) is 11.6 Å². The highest BCUT2D eigenvalue weighted by molar-refractivity contribution is 7.10. The number of benzene rings is 1. The van der Waals surface area contributed by atoms with Crippen LogP contribution in [0.25, 0.3) is 0 Å². The summed E-state index contributed by atoms with van der Waals surface area (Å²) in [6.07, 6.45) is 1.56. The van der Waals surface area contributed by atoms with Gasteiger partial charge in [0, 0.05) is 17.0 Å². The summed E-state index contributed by atoms with van der Waals surface area (Å²) >= 11 is 1.65. The highest BCUT2D eigenvalue weighted by Gasteiger charge is 2.15. The Balaban J connectivity index is 2.15. The van der Waals surface area contributed by atoms with E-state index in [0.717, 1.165) is 19.0 Å². The second-order valence-electron chi connectivity index (χ2n) is 4.46. The largest absolute Gasteiger partial charge is 0.309 e. The Kier molecular flexibility index (Phi) is 5.05. The smallest absolute Gasteiger partial charge is 0.129 e. The van der Waals surface area contributed by atoms with Crippen molar-refractivity contribution in [1.29, 1.82) is 0 Å². The molecule has 0 amide bonds. The number of rotatable bonds is 6. The van der Waals surface area contributed by atoms with Gasteiger partial charge in [-0.2, -0.15) is 0 Å². The predicted octanol–water partition coefficient (Wildman–Crippen LogP) is 4.31. The van der Waals surface area contributed by atoms with Gasteiger partial charge in [0.05, 0.1) is 0 Å². The molecule has 1 unspecified atom stereocenters. The lowest BCUT2D eigenvalue weighted by Gasteiger charge is -2.17. The topological polar surface area (TPSA) is 12.0 Å². The molecule has 1 aromatic heterocycles. The maximum Gasteiger partial charge on any atom is 0.129 e. The van der Waals surface area contributed by atoms with Gasteiger partial charge in [-0.3, -0.25) is 0 Å². The van der Waals surface area contributed by atoms with E-state index in [2.05, 4.69) is 12.2 Å². The summed E-state index contributed by atoms with van der Waals surface area (Å²) in [5.74, 6) is -1.00. The monoisotopic (exact) mass is 281 g/mol. The van der Waals surface area contributed by atoms with E-state index < -0.39 is 11.6 Å². The highest BCUT2D eigenvalue weighted by Crippen LogP contribution is 2.24. The SMILES string of the molecule is CCCNC(Cc1ccc(F)cc1F)c1cccs1. The molecular formula is C15H17F2NS. The Morgan fingerprint density at radius 1 is 1.26 bits per heavy atom. The van der Waals surface area contributed by atoms with Gasteiger partial charge in [0.15, 0.2) is 0 Å². The predicted molar refractivity (Wildman–Crippen MR) is 75.4 cm³/mol.